The van der Waals surface area contributed by atoms with Crippen molar-refractivity contribution in [1.82, 2.24) is 10.2 Å². The van der Waals surface area contributed by atoms with E-state index in [0.29, 0.717) is 17.3 Å². The molecule has 2 heterocycles. The lowest BCUT2D eigenvalue weighted by Gasteiger charge is -2.34. The van der Waals surface area contributed by atoms with Crippen LogP contribution in [0.1, 0.15) is 12.5 Å². The summed E-state index contributed by atoms with van der Waals surface area (Å²) in [4.78, 5) is 30.4. The van der Waals surface area contributed by atoms with Gasteiger partial charge in [0.2, 0.25) is 5.91 Å². The quantitative estimate of drug-likeness (QED) is 0.828. The lowest BCUT2D eigenvalue weighted by molar-refractivity contribution is -0.147. The highest BCUT2D eigenvalue weighted by molar-refractivity contribution is 6.10. The lowest BCUT2D eigenvalue weighted by Crippen LogP contribution is -2.59. The molecule has 0 saturated carbocycles. The number of methoxy groups -OCH3 is 2. The zero-order valence-electron chi connectivity index (χ0n) is 14.6. The van der Waals surface area contributed by atoms with Gasteiger partial charge in [0.25, 0.3) is 0 Å². The Morgan fingerprint density at radius 2 is 1.76 bits per heavy atom. The van der Waals surface area contributed by atoms with E-state index >= 15 is 0 Å². The van der Waals surface area contributed by atoms with Crippen LogP contribution in [-0.2, 0) is 9.59 Å². The Morgan fingerprint density at radius 1 is 1.12 bits per heavy atom. The fourth-order valence-electron chi connectivity index (χ4n) is 3.04. The molecule has 0 spiro atoms. The average Bonchev–Trinajstić information content (AvgIpc) is 3.07. The molecule has 1 aromatic carbocycles. The Balaban J connectivity index is 1.82. The predicted molar refractivity (Wildman–Crippen MR) is 93.7 cm³/mol. The number of ether oxygens (including phenoxy) is 2. The first-order valence-corrected chi connectivity index (χ1v) is 8.00. The van der Waals surface area contributed by atoms with Gasteiger partial charge in [0.05, 0.1) is 20.1 Å². The number of Topliss-reactive ketones (excluding diaryl/α,β-unsaturated/α-hetero) is 1. The molecule has 0 bridgehead atoms. The highest BCUT2D eigenvalue weighted by atomic mass is 16.5. The molecule has 0 aromatic heterocycles. The molecule has 7 nitrogen and oxygen atoms in total. The summed E-state index contributed by atoms with van der Waals surface area (Å²) in [5.41, 5.74) is 0.875. The van der Waals surface area contributed by atoms with E-state index in [4.69, 9.17) is 9.47 Å². The highest BCUT2D eigenvalue weighted by Gasteiger charge is 2.47. The molecule has 3 unspecified atom stereocenters. The van der Waals surface area contributed by atoms with Crippen LogP contribution >= 0.6 is 0 Å². The van der Waals surface area contributed by atoms with Crippen molar-refractivity contribution in [3.05, 3.63) is 29.8 Å². The third kappa shape index (κ3) is 3.09. The van der Waals surface area contributed by atoms with Crippen molar-refractivity contribution in [2.24, 2.45) is 10.9 Å². The summed E-state index contributed by atoms with van der Waals surface area (Å²) >= 11 is 0. The highest BCUT2D eigenvalue weighted by Crippen LogP contribution is 2.25. The van der Waals surface area contributed by atoms with E-state index in [0.717, 1.165) is 5.56 Å². The molecule has 3 atom stereocenters. The van der Waals surface area contributed by atoms with Crippen LogP contribution in [0.15, 0.2) is 29.3 Å². The van der Waals surface area contributed by atoms with E-state index in [1.807, 2.05) is 18.2 Å². The minimum absolute atomic E-state index is 0.122. The van der Waals surface area contributed by atoms with Gasteiger partial charge < -0.3 is 19.7 Å². The first-order valence-electron chi connectivity index (χ1n) is 8.00. The van der Waals surface area contributed by atoms with Crippen molar-refractivity contribution in [2.75, 3.05) is 21.3 Å². The molecule has 1 N–H and O–H groups in total. The topological polar surface area (TPSA) is 80.2 Å². The summed E-state index contributed by atoms with van der Waals surface area (Å²) in [6.07, 6.45) is 3.14. The molecule has 132 valence electrons. The van der Waals surface area contributed by atoms with Gasteiger partial charge in [0.1, 0.15) is 23.4 Å². The van der Waals surface area contributed by atoms with Crippen LogP contribution in [0.4, 0.5) is 0 Å². The van der Waals surface area contributed by atoms with Crippen LogP contribution in [0.2, 0.25) is 0 Å². The number of hydrogen-bond donors (Lipinski definition) is 1. The maximum Gasteiger partial charge on any atom is 0.234 e. The van der Waals surface area contributed by atoms with E-state index in [1.54, 1.807) is 40.3 Å². The van der Waals surface area contributed by atoms with Crippen LogP contribution in [0, 0.1) is 5.92 Å². The molecule has 1 fully saturated rings. The van der Waals surface area contributed by atoms with Gasteiger partial charge in [0, 0.05) is 13.1 Å². The average molecular weight is 343 g/mol. The number of aliphatic imine (C=N–C) groups is 1. The van der Waals surface area contributed by atoms with Crippen molar-refractivity contribution >= 4 is 23.6 Å². The normalized spacial score (nSPS) is 25.7. The number of likely N-dealkylation sites (N-methyl/N-ethyl adjacent to an activating group) is 1. The number of rotatable bonds is 4. The summed E-state index contributed by atoms with van der Waals surface area (Å²) in [6.45, 7) is 1.63. The number of fused-ring (bicyclic) bond motifs is 1. The number of carbonyl (C=O) groups is 2. The number of hydrogen-bond acceptors (Lipinski definition) is 6. The van der Waals surface area contributed by atoms with E-state index in [2.05, 4.69) is 10.3 Å². The number of nitrogens with one attached hydrogen (secondary N) is 1. The molecule has 3 rings (SSSR count). The van der Waals surface area contributed by atoms with Crippen molar-refractivity contribution in [3.63, 3.8) is 0 Å². The Kier molecular flexibility index (Phi) is 4.48. The molecule has 25 heavy (non-hydrogen) atoms. The van der Waals surface area contributed by atoms with E-state index in [1.165, 1.54) is 4.90 Å². The first-order chi connectivity index (χ1) is 11.9. The van der Waals surface area contributed by atoms with Crippen LogP contribution in [-0.4, -0.2) is 55.9 Å². The summed E-state index contributed by atoms with van der Waals surface area (Å²) in [7, 11) is 4.86. The monoisotopic (exact) mass is 343 g/mol. The van der Waals surface area contributed by atoms with Crippen LogP contribution in [0.5, 0.6) is 11.5 Å². The van der Waals surface area contributed by atoms with Crippen molar-refractivity contribution in [1.29, 1.82) is 0 Å². The Labute approximate surface area is 146 Å². The third-order valence-corrected chi connectivity index (χ3v) is 4.53. The summed E-state index contributed by atoms with van der Waals surface area (Å²) < 4.78 is 10.5. The fraction of sp³-hybridized carbons (Fsp3) is 0.389. The molecule has 2 aliphatic heterocycles. The number of benzene rings is 1. The number of carbonyl (C=O) groups excluding carboxylic acids is 2. The van der Waals surface area contributed by atoms with Gasteiger partial charge >= 0.3 is 0 Å². The zero-order valence-corrected chi connectivity index (χ0v) is 14.6. The number of amidine groups is 1. The lowest BCUT2D eigenvalue weighted by atomic mass is 9.92. The summed E-state index contributed by atoms with van der Waals surface area (Å²) in [6, 6.07) is 5.03. The van der Waals surface area contributed by atoms with Crippen LogP contribution < -0.4 is 14.8 Å². The van der Waals surface area contributed by atoms with Gasteiger partial charge in [-0.25, -0.2) is 4.99 Å². The van der Waals surface area contributed by atoms with Gasteiger partial charge in [-0.05, 0) is 30.7 Å². The van der Waals surface area contributed by atoms with Crippen molar-refractivity contribution < 1.29 is 19.1 Å². The Bertz CT molecular complexity index is 749. The van der Waals surface area contributed by atoms with E-state index in [-0.39, 0.29) is 11.7 Å². The molecule has 0 radical (unpaired) electrons. The molecule has 1 amide bonds. The minimum Gasteiger partial charge on any atom is -0.497 e. The van der Waals surface area contributed by atoms with Crippen LogP contribution in [0.3, 0.4) is 0 Å². The van der Waals surface area contributed by atoms with Crippen molar-refractivity contribution in [2.45, 2.75) is 19.1 Å². The molecule has 1 aromatic rings. The Hall–Kier alpha value is -2.83. The Morgan fingerprint density at radius 3 is 2.36 bits per heavy atom. The SMILES string of the molecule is COc1cc(/C=C/C2=NC3C(N2)C(=O)C(C)C(=O)N3C)cc(OC)c1. The summed E-state index contributed by atoms with van der Waals surface area (Å²) in [5.74, 6) is 0.980. The largest absolute Gasteiger partial charge is 0.497 e. The zero-order chi connectivity index (χ0) is 18.1. The van der Waals surface area contributed by atoms with E-state index < -0.39 is 18.1 Å². The molecule has 1 saturated heterocycles. The third-order valence-electron chi connectivity index (χ3n) is 4.53. The van der Waals surface area contributed by atoms with Crippen molar-refractivity contribution in [3.8, 4) is 11.5 Å². The second kappa shape index (κ2) is 6.58. The minimum atomic E-state index is -0.639. The molecule has 0 aliphatic carbocycles. The smallest absolute Gasteiger partial charge is 0.234 e. The number of amides is 1. The van der Waals surface area contributed by atoms with Gasteiger partial charge in [-0.2, -0.15) is 0 Å². The number of likely N-dealkylation sites (tertiary alicyclic amines) is 1. The van der Waals surface area contributed by atoms with Gasteiger partial charge in [-0.15, -0.1) is 0 Å². The van der Waals surface area contributed by atoms with Gasteiger partial charge in [-0.1, -0.05) is 6.08 Å². The maximum absolute atomic E-state index is 12.3. The predicted octanol–water partition coefficient (Wildman–Crippen LogP) is 1.09. The number of nitrogens with zero attached hydrogens (tertiary/aromatic N) is 2. The number of ketones is 1. The molecule has 7 heteroatoms. The second-order valence-corrected chi connectivity index (χ2v) is 6.10. The first kappa shape index (κ1) is 17.0. The van der Waals surface area contributed by atoms with Gasteiger partial charge in [0.15, 0.2) is 11.9 Å². The summed E-state index contributed by atoms with van der Waals surface area (Å²) in [5, 5.41) is 3.11. The fourth-order valence-corrected chi connectivity index (χ4v) is 3.04. The van der Waals surface area contributed by atoms with Gasteiger partial charge in [-0.3, -0.25) is 9.59 Å². The van der Waals surface area contributed by atoms with Crippen LogP contribution in [0.25, 0.3) is 6.08 Å². The number of piperidine rings is 1. The maximum atomic E-state index is 12.3. The van der Waals surface area contributed by atoms with E-state index in [9.17, 15) is 9.59 Å². The second-order valence-electron chi connectivity index (χ2n) is 6.10. The molecular formula is C18H21N3O4. The standard InChI is InChI=1S/C18H21N3O4/c1-10-16(22)15-17(21(2)18(10)23)20-14(19-15)6-5-11-7-12(24-3)9-13(8-11)25-4/h5-10,15,17H,1-4H3,(H,19,20)/b6-5+. The molecule has 2 aliphatic rings. The molecular weight excluding hydrogens is 322 g/mol.